The number of hydrogen-bond acceptors (Lipinski definition) is 2. The summed E-state index contributed by atoms with van der Waals surface area (Å²) in [6.07, 6.45) is 5.89. The summed E-state index contributed by atoms with van der Waals surface area (Å²) in [4.78, 5) is 0. The standard InChI is InChI=1S/C14H22F2N2/c1-2-3-4-5-6-13(18-17)10-11-9-12(15)7-8-14(11)16/h7-9,13,18H,2-6,10,17H2,1H3. The molecule has 0 fully saturated rings. The molecular formula is C14H22F2N2. The van der Waals surface area contributed by atoms with Crippen LogP contribution in [0.25, 0.3) is 0 Å². The molecule has 4 heteroatoms. The highest BCUT2D eigenvalue weighted by Gasteiger charge is 2.11. The fourth-order valence-corrected chi connectivity index (χ4v) is 2.03. The van der Waals surface area contributed by atoms with Crippen molar-refractivity contribution in [3.05, 3.63) is 35.4 Å². The van der Waals surface area contributed by atoms with Gasteiger partial charge < -0.3 is 0 Å². The fraction of sp³-hybridized carbons (Fsp3) is 0.571. The van der Waals surface area contributed by atoms with E-state index in [2.05, 4.69) is 12.3 Å². The van der Waals surface area contributed by atoms with Crippen molar-refractivity contribution in [2.75, 3.05) is 0 Å². The van der Waals surface area contributed by atoms with Gasteiger partial charge in [0.25, 0.3) is 0 Å². The Balaban J connectivity index is 2.48. The third-order valence-electron chi connectivity index (χ3n) is 3.12. The number of nitrogens with two attached hydrogens (primary N) is 1. The summed E-state index contributed by atoms with van der Waals surface area (Å²) in [5.41, 5.74) is 3.07. The number of benzene rings is 1. The monoisotopic (exact) mass is 256 g/mol. The van der Waals surface area contributed by atoms with Gasteiger partial charge in [0, 0.05) is 6.04 Å². The van der Waals surface area contributed by atoms with Gasteiger partial charge in [0.1, 0.15) is 11.6 Å². The molecule has 0 saturated carbocycles. The van der Waals surface area contributed by atoms with E-state index in [1.165, 1.54) is 18.9 Å². The maximum absolute atomic E-state index is 13.5. The third-order valence-corrected chi connectivity index (χ3v) is 3.12. The minimum atomic E-state index is -0.409. The van der Waals surface area contributed by atoms with E-state index in [1.807, 2.05) is 0 Å². The molecule has 1 atom stereocenters. The molecule has 0 aliphatic carbocycles. The van der Waals surface area contributed by atoms with Gasteiger partial charge in [0.05, 0.1) is 0 Å². The highest BCUT2D eigenvalue weighted by Crippen LogP contribution is 2.14. The van der Waals surface area contributed by atoms with E-state index in [0.717, 1.165) is 31.4 Å². The average molecular weight is 256 g/mol. The van der Waals surface area contributed by atoms with Crippen molar-refractivity contribution < 1.29 is 8.78 Å². The van der Waals surface area contributed by atoms with Crippen LogP contribution in [0.4, 0.5) is 8.78 Å². The summed E-state index contributed by atoms with van der Waals surface area (Å²) in [6.45, 7) is 2.15. The molecule has 0 bridgehead atoms. The van der Waals surface area contributed by atoms with Crippen LogP contribution >= 0.6 is 0 Å². The number of rotatable bonds is 8. The SMILES string of the molecule is CCCCCCC(Cc1cc(F)ccc1F)NN. The Kier molecular flexibility index (Phi) is 6.83. The van der Waals surface area contributed by atoms with Crippen LogP contribution < -0.4 is 11.3 Å². The van der Waals surface area contributed by atoms with E-state index < -0.39 is 5.82 Å². The molecule has 0 aliphatic rings. The Morgan fingerprint density at radius 1 is 1.22 bits per heavy atom. The number of hydrogen-bond donors (Lipinski definition) is 2. The largest absolute Gasteiger partial charge is 0.271 e. The summed E-state index contributed by atoms with van der Waals surface area (Å²) in [7, 11) is 0. The topological polar surface area (TPSA) is 38.0 Å². The molecule has 1 rings (SSSR count). The van der Waals surface area contributed by atoms with Crippen LogP contribution in [0.15, 0.2) is 18.2 Å². The zero-order valence-corrected chi connectivity index (χ0v) is 10.9. The molecule has 1 aromatic rings. The van der Waals surface area contributed by atoms with Crippen LogP contribution in [-0.4, -0.2) is 6.04 Å². The van der Waals surface area contributed by atoms with E-state index in [4.69, 9.17) is 5.84 Å². The Bertz CT molecular complexity index is 356. The van der Waals surface area contributed by atoms with Crippen molar-refractivity contribution in [1.29, 1.82) is 0 Å². The lowest BCUT2D eigenvalue weighted by Gasteiger charge is -2.16. The predicted octanol–water partition coefficient (Wildman–Crippen LogP) is 3.31. The summed E-state index contributed by atoms with van der Waals surface area (Å²) in [5, 5.41) is 0. The number of hydrazine groups is 1. The van der Waals surface area contributed by atoms with Gasteiger partial charge in [-0.25, -0.2) is 8.78 Å². The number of nitrogens with one attached hydrogen (secondary N) is 1. The van der Waals surface area contributed by atoms with Gasteiger partial charge in [-0.3, -0.25) is 11.3 Å². The van der Waals surface area contributed by atoms with Gasteiger partial charge in [-0.15, -0.1) is 0 Å². The Morgan fingerprint density at radius 3 is 2.67 bits per heavy atom. The lowest BCUT2D eigenvalue weighted by Crippen LogP contribution is -2.37. The van der Waals surface area contributed by atoms with E-state index in [0.29, 0.717) is 12.0 Å². The first-order valence-electron chi connectivity index (χ1n) is 6.57. The summed E-state index contributed by atoms with van der Waals surface area (Å²) < 4.78 is 26.5. The van der Waals surface area contributed by atoms with Crippen LogP contribution in [0.2, 0.25) is 0 Å². The van der Waals surface area contributed by atoms with Crippen LogP contribution in [0.1, 0.15) is 44.6 Å². The van der Waals surface area contributed by atoms with Gasteiger partial charge in [-0.05, 0) is 36.6 Å². The van der Waals surface area contributed by atoms with Crippen molar-refractivity contribution in [2.45, 2.75) is 51.5 Å². The van der Waals surface area contributed by atoms with E-state index >= 15 is 0 Å². The minimum Gasteiger partial charge on any atom is -0.271 e. The van der Waals surface area contributed by atoms with Gasteiger partial charge >= 0.3 is 0 Å². The quantitative estimate of drug-likeness (QED) is 0.425. The molecule has 2 nitrogen and oxygen atoms in total. The average Bonchev–Trinajstić information content (AvgIpc) is 2.37. The summed E-state index contributed by atoms with van der Waals surface area (Å²) in [6, 6.07) is 3.53. The molecule has 0 heterocycles. The second kappa shape index (κ2) is 8.16. The predicted molar refractivity (Wildman–Crippen MR) is 69.9 cm³/mol. The Morgan fingerprint density at radius 2 is 2.00 bits per heavy atom. The molecule has 102 valence electrons. The Labute approximate surface area is 108 Å². The lowest BCUT2D eigenvalue weighted by molar-refractivity contribution is 0.454. The van der Waals surface area contributed by atoms with Crippen molar-refractivity contribution in [3.8, 4) is 0 Å². The maximum atomic E-state index is 13.5. The maximum Gasteiger partial charge on any atom is 0.126 e. The van der Waals surface area contributed by atoms with Crippen LogP contribution in [0.5, 0.6) is 0 Å². The first kappa shape index (κ1) is 15.1. The van der Waals surface area contributed by atoms with Crippen LogP contribution in [-0.2, 0) is 6.42 Å². The second-order valence-electron chi connectivity index (χ2n) is 4.65. The molecule has 18 heavy (non-hydrogen) atoms. The first-order chi connectivity index (χ1) is 8.67. The van der Waals surface area contributed by atoms with E-state index in [-0.39, 0.29) is 11.9 Å². The normalized spacial score (nSPS) is 12.7. The van der Waals surface area contributed by atoms with Gasteiger partial charge in [-0.2, -0.15) is 0 Å². The van der Waals surface area contributed by atoms with Crippen molar-refractivity contribution in [3.63, 3.8) is 0 Å². The first-order valence-corrected chi connectivity index (χ1v) is 6.57. The van der Waals surface area contributed by atoms with Crippen molar-refractivity contribution in [2.24, 2.45) is 5.84 Å². The van der Waals surface area contributed by atoms with Gasteiger partial charge in [-0.1, -0.05) is 32.6 Å². The summed E-state index contributed by atoms with van der Waals surface area (Å²) >= 11 is 0. The molecular weight excluding hydrogens is 234 g/mol. The molecule has 0 spiro atoms. The molecule has 0 aliphatic heterocycles. The highest BCUT2D eigenvalue weighted by molar-refractivity contribution is 5.19. The molecule has 3 N–H and O–H groups in total. The fourth-order valence-electron chi connectivity index (χ4n) is 2.03. The number of unbranched alkanes of at least 4 members (excludes halogenated alkanes) is 3. The molecule has 0 amide bonds. The van der Waals surface area contributed by atoms with Crippen molar-refractivity contribution in [1.82, 2.24) is 5.43 Å². The smallest absolute Gasteiger partial charge is 0.126 e. The van der Waals surface area contributed by atoms with E-state index in [9.17, 15) is 8.78 Å². The van der Waals surface area contributed by atoms with Gasteiger partial charge in [0.2, 0.25) is 0 Å². The highest BCUT2D eigenvalue weighted by atomic mass is 19.1. The van der Waals surface area contributed by atoms with Gasteiger partial charge in [0.15, 0.2) is 0 Å². The molecule has 0 saturated heterocycles. The van der Waals surface area contributed by atoms with Crippen LogP contribution in [0, 0.1) is 11.6 Å². The third kappa shape index (κ3) is 5.10. The Hall–Kier alpha value is -1.00. The van der Waals surface area contributed by atoms with Crippen LogP contribution in [0.3, 0.4) is 0 Å². The zero-order valence-electron chi connectivity index (χ0n) is 10.9. The molecule has 0 aromatic heterocycles. The number of halogens is 2. The summed E-state index contributed by atoms with van der Waals surface area (Å²) in [5.74, 6) is 4.68. The van der Waals surface area contributed by atoms with Crippen molar-refractivity contribution >= 4 is 0 Å². The zero-order chi connectivity index (χ0) is 13.4. The molecule has 1 aromatic carbocycles. The van der Waals surface area contributed by atoms with E-state index in [1.54, 1.807) is 0 Å². The molecule has 0 radical (unpaired) electrons. The lowest BCUT2D eigenvalue weighted by atomic mass is 10.00. The minimum absolute atomic E-state index is 0.00171. The molecule has 1 unspecified atom stereocenters. The second-order valence-corrected chi connectivity index (χ2v) is 4.65.